The Morgan fingerprint density at radius 1 is 1.05 bits per heavy atom. The number of likely N-dealkylation sites (tertiary alicyclic amines) is 1. The summed E-state index contributed by atoms with van der Waals surface area (Å²) in [4.78, 5) is 40.0. The van der Waals surface area contributed by atoms with Gasteiger partial charge in [0.15, 0.2) is 0 Å². The number of nitrogens with zero attached hydrogens (tertiary/aromatic N) is 6. The summed E-state index contributed by atoms with van der Waals surface area (Å²) in [7, 11) is 1.50. The van der Waals surface area contributed by atoms with Crippen LogP contribution in [0.4, 0.5) is 10.6 Å². The quantitative estimate of drug-likeness (QED) is 0.513. The van der Waals surface area contributed by atoms with Gasteiger partial charge in [0.05, 0.1) is 24.4 Å². The number of amides is 2. The monoisotopic (exact) mass is 527 g/mol. The van der Waals surface area contributed by atoms with E-state index in [9.17, 15) is 9.59 Å². The number of halogens is 1. The van der Waals surface area contributed by atoms with Gasteiger partial charge in [-0.1, -0.05) is 11.6 Å². The minimum absolute atomic E-state index is 0.0848. The fourth-order valence-corrected chi connectivity index (χ4v) is 4.27. The Bertz CT molecular complexity index is 1280. The number of piperidine rings is 1. The van der Waals surface area contributed by atoms with Gasteiger partial charge >= 0.3 is 12.1 Å². The lowest BCUT2D eigenvalue weighted by atomic mass is 10.1. The molecule has 1 saturated heterocycles. The van der Waals surface area contributed by atoms with Gasteiger partial charge in [0.2, 0.25) is 0 Å². The predicted octanol–water partition coefficient (Wildman–Crippen LogP) is 4.53. The maximum absolute atomic E-state index is 13.3. The van der Waals surface area contributed by atoms with Crippen molar-refractivity contribution < 1.29 is 19.1 Å². The molecule has 12 heteroatoms. The van der Waals surface area contributed by atoms with Crippen LogP contribution in [0, 0.1) is 6.92 Å². The molecule has 0 radical (unpaired) electrons. The van der Waals surface area contributed by atoms with Crippen molar-refractivity contribution in [3.63, 3.8) is 0 Å². The van der Waals surface area contributed by atoms with E-state index in [1.807, 2.05) is 33.8 Å². The van der Waals surface area contributed by atoms with Crippen molar-refractivity contribution in [2.24, 2.45) is 0 Å². The van der Waals surface area contributed by atoms with Crippen LogP contribution in [-0.2, 0) is 4.74 Å². The minimum atomic E-state index is -0.554. The molecule has 0 aliphatic carbocycles. The van der Waals surface area contributed by atoms with Gasteiger partial charge in [-0.2, -0.15) is 5.10 Å². The molecule has 37 heavy (non-hydrogen) atoms. The number of pyridine rings is 1. The second-order valence-electron chi connectivity index (χ2n) is 9.79. The van der Waals surface area contributed by atoms with E-state index >= 15 is 0 Å². The normalized spacial score (nSPS) is 14.4. The van der Waals surface area contributed by atoms with Gasteiger partial charge in [-0.3, -0.25) is 9.48 Å². The van der Waals surface area contributed by atoms with Crippen LogP contribution in [0.25, 0.3) is 11.1 Å². The average Bonchev–Trinajstić information content (AvgIpc) is 3.25. The first kappa shape index (κ1) is 26.3. The van der Waals surface area contributed by atoms with Gasteiger partial charge in [0.25, 0.3) is 5.91 Å². The van der Waals surface area contributed by atoms with Crippen molar-refractivity contribution in [1.82, 2.24) is 29.6 Å². The van der Waals surface area contributed by atoms with Crippen LogP contribution >= 0.6 is 11.6 Å². The molecular weight excluding hydrogens is 498 g/mol. The third kappa shape index (κ3) is 6.16. The molecule has 1 aliphatic heterocycles. The minimum Gasteiger partial charge on any atom is -0.467 e. The van der Waals surface area contributed by atoms with E-state index in [4.69, 9.17) is 21.1 Å². The number of aromatic nitrogens is 5. The predicted molar refractivity (Wildman–Crippen MR) is 138 cm³/mol. The molecule has 1 aliphatic rings. The number of anilines is 1. The lowest BCUT2D eigenvalue weighted by Gasteiger charge is -2.33. The highest BCUT2D eigenvalue weighted by Crippen LogP contribution is 2.29. The van der Waals surface area contributed by atoms with Gasteiger partial charge in [-0.25, -0.2) is 19.7 Å². The zero-order valence-electron chi connectivity index (χ0n) is 21.5. The maximum atomic E-state index is 13.3. The summed E-state index contributed by atoms with van der Waals surface area (Å²) < 4.78 is 12.1. The van der Waals surface area contributed by atoms with Gasteiger partial charge < -0.3 is 19.7 Å². The fourth-order valence-electron chi connectivity index (χ4n) is 4.05. The van der Waals surface area contributed by atoms with E-state index in [2.05, 4.69) is 25.4 Å². The van der Waals surface area contributed by atoms with Crippen LogP contribution in [0.1, 0.15) is 55.7 Å². The molecule has 4 heterocycles. The highest BCUT2D eigenvalue weighted by atomic mass is 35.5. The Hall–Kier alpha value is -3.73. The molecule has 0 spiro atoms. The Morgan fingerprint density at radius 3 is 2.30 bits per heavy atom. The fraction of sp³-hybridized carbons (Fsp3) is 0.440. The summed E-state index contributed by atoms with van der Waals surface area (Å²) in [6, 6.07) is 2.08. The Kier molecular flexibility index (Phi) is 7.63. The number of hydrogen-bond acceptors (Lipinski definition) is 8. The van der Waals surface area contributed by atoms with Crippen molar-refractivity contribution in [1.29, 1.82) is 0 Å². The van der Waals surface area contributed by atoms with Gasteiger partial charge in [-0.05, 0) is 52.2 Å². The zero-order chi connectivity index (χ0) is 26.7. The maximum Gasteiger partial charge on any atom is 0.410 e. The SMILES string of the molecule is COc1ncc(-c2cnc(NC(=O)c3c(Cl)cnn3C3CCN(C(=O)OC(C)(C)C)CC3)c(C)c2)cn1. The third-order valence-corrected chi connectivity index (χ3v) is 6.16. The summed E-state index contributed by atoms with van der Waals surface area (Å²) in [5.41, 5.74) is 2.04. The average molecular weight is 528 g/mol. The summed E-state index contributed by atoms with van der Waals surface area (Å²) in [5.74, 6) is -0.0000515. The topological polar surface area (TPSA) is 124 Å². The Labute approximate surface area is 220 Å². The number of nitrogens with one attached hydrogen (secondary N) is 1. The highest BCUT2D eigenvalue weighted by Gasteiger charge is 2.30. The van der Waals surface area contributed by atoms with E-state index in [1.165, 1.54) is 13.3 Å². The van der Waals surface area contributed by atoms with Crippen LogP contribution in [0.15, 0.2) is 30.9 Å². The number of carbonyl (C=O) groups is 2. The molecule has 4 rings (SSSR count). The number of ether oxygens (including phenoxy) is 2. The third-order valence-electron chi connectivity index (χ3n) is 5.88. The molecular formula is C25H30ClN7O4. The van der Waals surface area contributed by atoms with Crippen LogP contribution < -0.4 is 10.1 Å². The van der Waals surface area contributed by atoms with Gasteiger partial charge in [0.1, 0.15) is 17.1 Å². The van der Waals surface area contributed by atoms with E-state index in [0.717, 1.165) is 16.7 Å². The van der Waals surface area contributed by atoms with Gasteiger partial charge in [-0.15, -0.1) is 0 Å². The van der Waals surface area contributed by atoms with Crippen molar-refractivity contribution in [2.75, 3.05) is 25.5 Å². The molecule has 3 aromatic heterocycles. The molecule has 0 bridgehead atoms. The summed E-state index contributed by atoms with van der Waals surface area (Å²) in [6.45, 7) is 8.36. The summed E-state index contributed by atoms with van der Waals surface area (Å²) in [5, 5.41) is 7.46. The van der Waals surface area contributed by atoms with Crippen LogP contribution in [0.5, 0.6) is 6.01 Å². The van der Waals surface area contributed by atoms with Gasteiger partial charge in [0, 0.05) is 42.8 Å². The summed E-state index contributed by atoms with van der Waals surface area (Å²) in [6.07, 6.45) is 7.29. The molecule has 3 aromatic rings. The second kappa shape index (κ2) is 10.7. The van der Waals surface area contributed by atoms with Crippen molar-refractivity contribution >= 4 is 29.4 Å². The van der Waals surface area contributed by atoms with E-state index in [1.54, 1.807) is 28.2 Å². The van der Waals surface area contributed by atoms with E-state index in [-0.39, 0.29) is 28.9 Å². The first-order chi connectivity index (χ1) is 17.6. The molecule has 2 amide bonds. The van der Waals surface area contributed by atoms with Crippen molar-refractivity contribution in [2.45, 2.75) is 52.2 Å². The molecule has 0 unspecified atom stereocenters. The van der Waals surface area contributed by atoms with Crippen LogP contribution in [0.2, 0.25) is 5.02 Å². The molecule has 0 aromatic carbocycles. The molecule has 196 valence electrons. The molecule has 0 atom stereocenters. The number of carbonyl (C=O) groups excluding carboxylic acids is 2. The number of aryl methyl sites for hydroxylation is 1. The Balaban J connectivity index is 1.45. The molecule has 1 fully saturated rings. The summed E-state index contributed by atoms with van der Waals surface area (Å²) >= 11 is 6.37. The molecule has 11 nitrogen and oxygen atoms in total. The number of rotatable bonds is 5. The van der Waals surface area contributed by atoms with Crippen LogP contribution in [-0.4, -0.2) is 67.4 Å². The lowest BCUT2D eigenvalue weighted by Crippen LogP contribution is -2.42. The van der Waals surface area contributed by atoms with Crippen LogP contribution in [0.3, 0.4) is 0 Å². The largest absolute Gasteiger partial charge is 0.467 e. The smallest absolute Gasteiger partial charge is 0.410 e. The van der Waals surface area contributed by atoms with Crippen molar-refractivity contribution in [3.8, 4) is 17.1 Å². The standard InChI is InChI=1S/C25H30ClN7O4/c1-15-10-16(17-12-28-23(36-5)29-13-17)11-27-21(15)31-22(34)20-19(26)14-30-33(20)18-6-8-32(9-7-18)24(35)37-25(2,3)4/h10-14,18H,6-9H2,1-5H3,(H,27,31,34). The first-order valence-electron chi connectivity index (χ1n) is 11.9. The zero-order valence-corrected chi connectivity index (χ0v) is 22.2. The lowest BCUT2D eigenvalue weighted by molar-refractivity contribution is 0.0183. The van der Waals surface area contributed by atoms with Crippen molar-refractivity contribution in [3.05, 3.63) is 47.1 Å². The number of methoxy groups -OCH3 is 1. The Morgan fingerprint density at radius 2 is 1.70 bits per heavy atom. The first-order valence-corrected chi connectivity index (χ1v) is 12.3. The van der Waals surface area contributed by atoms with E-state index < -0.39 is 11.5 Å². The molecule has 0 saturated carbocycles. The number of hydrogen-bond donors (Lipinski definition) is 1. The molecule has 1 N–H and O–H groups in total. The second-order valence-corrected chi connectivity index (χ2v) is 10.2. The van der Waals surface area contributed by atoms with E-state index in [0.29, 0.717) is 31.7 Å². The highest BCUT2D eigenvalue weighted by molar-refractivity contribution is 6.34.